The van der Waals surface area contributed by atoms with Crippen LogP contribution in [0.25, 0.3) is 5.70 Å². The van der Waals surface area contributed by atoms with Gasteiger partial charge in [0.05, 0.1) is 10.2 Å². The minimum Gasteiger partial charge on any atom is -0.298 e. The fourth-order valence-electron chi connectivity index (χ4n) is 2.71. The largest absolute Gasteiger partial charge is 0.298 e. The van der Waals surface area contributed by atoms with E-state index < -0.39 is 0 Å². The van der Waals surface area contributed by atoms with Gasteiger partial charge in [-0.1, -0.05) is 43.0 Å². The second kappa shape index (κ2) is 6.41. The van der Waals surface area contributed by atoms with Crippen LogP contribution in [0.5, 0.6) is 0 Å². The zero-order chi connectivity index (χ0) is 16.5. The Bertz CT molecular complexity index is 920. The van der Waals surface area contributed by atoms with Crippen molar-refractivity contribution in [2.45, 2.75) is 19.5 Å². The molecule has 122 valence electrons. The Morgan fingerprint density at radius 3 is 2.96 bits per heavy atom. The molecule has 1 amide bonds. The van der Waals surface area contributed by atoms with Crippen molar-refractivity contribution < 1.29 is 4.79 Å². The summed E-state index contributed by atoms with van der Waals surface area (Å²) in [6.07, 6.45) is 0.732. The van der Waals surface area contributed by atoms with E-state index in [-0.39, 0.29) is 12.1 Å². The number of thiophene rings is 1. The van der Waals surface area contributed by atoms with Crippen molar-refractivity contribution in [1.29, 1.82) is 0 Å². The van der Waals surface area contributed by atoms with Crippen LogP contribution in [0.3, 0.4) is 0 Å². The van der Waals surface area contributed by atoms with Gasteiger partial charge in [0.25, 0.3) is 5.91 Å². The lowest BCUT2D eigenvalue weighted by Crippen LogP contribution is -2.50. The maximum atomic E-state index is 12.8. The lowest BCUT2D eigenvalue weighted by atomic mass is 10.1. The molecule has 0 fully saturated rings. The third-order valence-electron chi connectivity index (χ3n) is 3.76. The molecule has 0 unspecified atom stereocenters. The summed E-state index contributed by atoms with van der Waals surface area (Å²) in [4.78, 5) is 18.7. The van der Waals surface area contributed by atoms with Crippen LogP contribution in [0.15, 0.2) is 51.9 Å². The van der Waals surface area contributed by atoms with Crippen LogP contribution in [0.2, 0.25) is 0 Å². The number of hydrogen-bond donors (Lipinski definition) is 1. The predicted molar refractivity (Wildman–Crippen MR) is 97.9 cm³/mol. The Hall–Kier alpha value is -2.12. The molecule has 0 bridgehead atoms. The second-order valence-corrected chi connectivity index (χ2v) is 7.50. The van der Waals surface area contributed by atoms with Crippen LogP contribution in [-0.2, 0) is 4.79 Å². The molecule has 0 saturated carbocycles. The predicted octanol–water partition coefficient (Wildman–Crippen LogP) is 2.03. The van der Waals surface area contributed by atoms with E-state index in [1.807, 2.05) is 41.8 Å². The third-order valence-corrected chi connectivity index (χ3v) is 5.74. The molecule has 2 aromatic rings. The number of benzene rings is 1. The lowest BCUT2D eigenvalue weighted by molar-refractivity contribution is -0.116. The zero-order valence-electron chi connectivity index (χ0n) is 13.1. The molecule has 4 rings (SSSR count). The summed E-state index contributed by atoms with van der Waals surface area (Å²) in [5.41, 5.74) is 0.569. The molecule has 5 nitrogen and oxygen atoms in total. The van der Waals surface area contributed by atoms with E-state index in [9.17, 15) is 4.79 Å². The number of amidine groups is 1. The minimum atomic E-state index is -0.293. The molecule has 7 heteroatoms. The summed E-state index contributed by atoms with van der Waals surface area (Å²) in [7, 11) is 0. The third kappa shape index (κ3) is 2.63. The van der Waals surface area contributed by atoms with E-state index in [1.165, 1.54) is 0 Å². The molecule has 1 aromatic carbocycles. The van der Waals surface area contributed by atoms with Gasteiger partial charge < -0.3 is 0 Å². The normalized spacial score (nSPS) is 19.1. The van der Waals surface area contributed by atoms with Crippen molar-refractivity contribution in [3.8, 4) is 0 Å². The second-order valence-electron chi connectivity index (χ2n) is 5.44. The van der Waals surface area contributed by atoms with Crippen LogP contribution in [0, 0.1) is 0 Å². The Kier molecular flexibility index (Phi) is 4.12. The molecule has 2 aliphatic heterocycles. The molecule has 1 atom stereocenters. The van der Waals surface area contributed by atoms with Gasteiger partial charge in [0.2, 0.25) is 0 Å². The van der Waals surface area contributed by atoms with Gasteiger partial charge in [0, 0.05) is 11.0 Å². The van der Waals surface area contributed by atoms with E-state index in [0.717, 1.165) is 27.6 Å². The smallest absolute Gasteiger partial charge is 0.276 e. The van der Waals surface area contributed by atoms with Crippen molar-refractivity contribution in [1.82, 2.24) is 10.3 Å². The lowest BCUT2D eigenvalue weighted by Gasteiger charge is -2.33. The molecule has 0 spiro atoms. The van der Waals surface area contributed by atoms with Crippen molar-refractivity contribution in [3.63, 3.8) is 0 Å². The average Bonchev–Trinajstić information content (AvgIpc) is 3.13. The van der Waals surface area contributed by atoms with Gasteiger partial charge in [0.1, 0.15) is 5.70 Å². The number of amides is 1. The first kappa shape index (κ1) is 15.4. The van der Waals surface area contributed by atoms with Gasteiger partial charge >= 0.3 is 0 Å². The average molecular weight is 356 g/mol. The number of nitrogens with one attached hydrogen (secondary N) is 1. The first-order valence-corrected chi connectivity index (χ1v) is 9.67. The van der Waals surface area contributed by atoms with Gasteiger partial charge in [-0.3, -0.25) is 15.1 Å². The molecule has 0 radical (unpaired) electrons. The highest BCUT2D eigenvalue weighted by Crippen LogP contribution is 2.32. The monoisotopic (exact) mass is 356 g/mol. The van der Waals surface area contributed by atoms with Crippen LogP contribution in [0.4, 0.5) is 0 Å². The number of carbonyl (C=O) groups excluding carboxylic acids is 1. The molecule has 0 saturated heterocycles. The Labute approximate surface area is 147 Å². The SMILES string of the molecule is CCCSC1=NN2C(=c3ccccc3=N[C@H]2c2cccs2)C(=O)N1. The topological polar surface area (TPSA) is 57.1 Å². The maximum Gasteiger partial charge on any atom is 0.276 e. The van der Waals surface area contributed by atoms with Gasteiger partial charge in [-0.2, -0.15) is 0 Å². The highest BCUT2D eigenvalue weighted by atomic mass is 32.2. The summed E-state index contributed by atoms with van der Waals surface area (Å²) in [5.74, 6) is 0.798. The highest BCUT2D eigenvalue weighted by Gasteiger charge is 2.34. The van der Waals surface area contributed by atoms with E-state index in [4.69, 9.17) is 4.99 Å². The minimum absolute atomic E-state index is 0.118. The standard InChI is InChI=1S/C17H16N4OS2/c1-2-9-24-17-19-16(22)14-11-6-3-4-7-12(11)18-15(21(14)20-17)13-8-5-10-23-13/h3-8,10,15H,2,9H2,1H3,(H,19,20,22)/t15-/m1/s1. The maximum absolute atomic E-state index is 12.8. The van der Waals surface area contributed by atoms with E-state index in [1.54, 1.807) is 28.1 Å². The summed E-state index contributed by atoms with van der Waals surface area (Å²) in [6, 6.07) is 11.8. The molecule has 1 aromatic heterocycles. The molecular weight excluding hydrogens is 340 g/mol. The molecule has 24 heavy (non-hydrogen) atoms. The summed E-state index contributed by atoms with van der Waals surface area (Å²) in [6.45, 7) is 2.11. The number of carbonyl (C=O) groups is 1. The molecule has 2 aliphatic rings. The number of hydrazone groups is 1. The quantitative estimate of drug-likeness (QED) is 0.916. The Morgan fingerprint density at radius 2 is 2.17 bits per heavy atom. The van der Waals surface area contributed by atoms with E-state index >= 15 is 0 Å². The molecular formula is C17H16N4OS2. The van der Waals surface area contributed by atoms with Crippen LogP contribution in [0.1, 0.15) is 24.4 Å². The number of rotatable bonds is 3. The number of thioether (sulfide) groups is 1. The molecule has 3 heterocycles. The summed E-state index contributed by atoms with van der Waals surface area (Å²) in [5, 5.41) is 13.7. The van der Waals surface area contributed by atoms with Crippen molar-refractivity contribution in [2.24, 2.45) is 10.1 Å². The number of hydrogen-bond acceptors (Lipinski definition) is 6. The van der Waals surface area contributed by atoms with Crippen LogP contribution < -0.4 is 15.9 Å². The van der Waals surface area contributed by atoms with Gasteiger partial charge in [-0.15, -0.1) is 16.4 Å². The van der Waals surface area contributed by atoms with Crippen LogP contribution in [-0.4, -0.2) is 21.8 Å². The summed E-state index contributed by atoms with van der Waals surface area (Å²) >= 11 is 3.19. The van der Waals surface area contributed by atoms with Gasteiger partial charge in [-0.25, -0.2) is 5.01 Å². The van der Waals surface area contributed by atoms with Crippen molar-refractivity contribution in [2.75, 3.05) is 5.75 Å². The highest BCUT2D eigenvalue weighted by molar-refractivity contribution is 8.13. The fraction of sp³-hybridized carbons (Fsp3) is 0.235. The number of para-hydroxylation sites is 1. The van der Waals surface area contributed by atoms with Crippen molar-refractivity contribution >= 4 is 39.9 Å². The number of nitrogens with zero attached hydrogens (tertiary/aromatic N) is 3. The van der Waals surface area contributed by atoms with Crippen LogP contribution >= 0.6 is 23.1 Å². The van der Waals surface area contributed by atoms with E-state index in [0.29, 0.717) is 10.9 Å². The van der Waals surface area contributed by atoms with Gasteiger partial charge in [-0.05, 0) is 23.9 Å². The number of fused-ring (bicyclic) bond motifs is 2. The molecule has 0 aliphatic carbocycles. The first-order chi connectivity index (χ1) is 11.8. The summed E-state index contributed by atoms with van der Waals surface area (Å²) < 4.78 is 0. The zero-order valence-corrected chi connectivity index (χ0v) is 14.7. The first-order valence-electron chi connectivity index (χ1n) is 7.80. The fourth-order valence-corrected chi connectivity index (χ4v) is 4.17. The van der Waals surface area contributed by atoms with Gasteiger partial charge in [0.15, 0.2) is 11.3 Å². The Balaban J connectivity index is 1.89. The van der Waals surface area contributed by atoms with Crippen molar-refractivity contribution in [3.05, 3.63) is 57.2 Å². The molecule has 1 N–H and O–H groups in total. The Morgan fingerprint density at radius 1 is 1.29 bits per heavy atom. The van der Waals surface area contributed by atoms with E-state index in [2.05, 4.69) is 17.3 Å².